The molecule has 2 aromatic carbocycles. The van der Waals surface area contributed by atoms with Crippen molar-refractivity contribution in [1.82, 2.24) is 25.2 Å². The molecule has 54 heavy (non-hydrogen) atoms. The fraction of sp³-hybridized carbons (Fsp3) is 0.525. The molecule has 3 aliphatic carbocycles. The van der Waals surface area contributed by atoms with E-state index in [2.05, 4.69) is 15.4 Å². The normalized spacial score (nSPS) is 24.2. The number of carbonyl (C=O) groups is 4. The Morgan fingerprint density at radius 1 is 1.02 bits per heavy atom. The molecule has 288 valence electrons. The summed E-state index contributed by atoms with van der Waals surface area (Å²) in [6, 6.07) is 15.0. The molecule has 0 unspecified atom stereocenters. The molecule has 3 N–H and O–H groups in total. The second-order valence-electron chi connectivity index (χ2n) is 15.6. The van der Waals surface area contributed by atoms with Crippen molar-refractivity contribution in [3.05, 3.63) is 54.6 Å². The summed E-state index contributed by atoms with van der Waals surface area (Å²) in [6.45, 7) is 5.60. The highest BCUT2D eigenvalue weighted by Gasteiger charge is 2.62. The molecular weight excluding hydrogens is 711 g/mol. The monoisotopic (exact) mass is 759 g/mol. The van der Waals surface area contributed by atoms with Gasteiger partial charge in [-0.1, -0.05) is 57.5 Å². The lowest BCUT2D eigenvalue weighted by Crippen LogP contribution is -2.59. The first-order chi connectivity index (χ1) is 25.8. The van der Waals surface area contributed by atoms with Crippen LogP contribution in [0.4, 0.5) is 0 Å². The number of hydrogen-bond donors (Lipinski definition) is 3. The summed E-state index contributed by atoms with van der Waals surface area (Å²) in [7, 11) is -2.27. The van der Waals surface area contributed by atoms with Gasteiger partial charge in [0.1, 0.15) is 35.2 Å². The van der Waals surface area contributed by atoms with Crippen LogP contribution in [0.1, 0.15) is 72.1 Å². The first-order valence-corrected chi connectivity index (χ1v) is 20.5. The number of nitrogens with zero attached hydrogens (tertiary/aromatic N) is 2. The Kier molecular flexibility index (Phi) is 10.3. The quantitative estimate of drug-likeness (QED) is 0.206. The maximum absolute atomic E-state index is 14.5. The number of nitrogens with one attached hydrogen (secondary N) is 3. The molecule has 3 aromatic rings. The van der Waals surface area contributed by atoms with Gasteiger partial charge in [-0.15, -0.1) is 0 Å². The number of pyridine rings is 1. The number of fused-ring (bicyclic) bond motifs is 1. The van der Waals surface area contributed by atoms with Crippen molar-refractivity contribution in [3.63, 3.8) is 0 Å². The third-order valence-electron chi connectivity index (χ3n) is 11.2. The largest absolute Gasteiger partial charge is 0.497 e. The Bertz CT molecular complexity index is 2050. The topological polar surface area (TPSA) is 173 Å². The molecule has 0 spiro atoms. The van der Waals surface area contributed by atoms with Crippen LogP contribution < -0.4 is 24.8 Å². The Morgan fingerprint density at radius 3 is 2.39 bits per heavy atom. The third-order valence-corrected chi connectivity index (χ3v) is 13.0. The number of sulfonamides is 1. The van der Waals surface area contributed by atoms with Gasteiger partial charge in [-0.3, -0.25) is 23.9 Å². The van der Waals surface area contributed by atoms with Gasteiger partial charge < -0.3 is 25.0 Å². The highest BCUT2D eigenvalue weighted by molar-refractivity contribution is 7.91. The molecule has 0 radical (unpaired) electrons. The van der Waals surface area contributed by atoms with Gasteiger partial charge in [-0.2, -0.15) is 0 Å². The predicted molar refractivity (Wildman–Crippen MR) is 202 cm³/mol. The number of likely N-dealkylation sites (tertiary alicyclic amines) is 1. The van der Waals surface area contributed by atoms with Crippen LogP contribution in [0.15, 0.2) is 54.6 Å². The number of aromatic nitrogens is 1. The van der Waals surface area contributed by atoms with Crippen molar-refractivity contribution < 1.29 is 37.1 Å². The molecule has 13 nitrogen and oxygen atoms in total. The van der Waals surface area contributed by atoms with E-state index in [1.54, 1.807) is 7.11 Å². The molecule has 1 aliphatic heterocycles. The number of hydrogen-bond acceptors (Lipinski definition) is 9. The summed E-state index contributed by atoms with van der Waals surface area (Å²) in [5, 5.41) is 5.94. The summed E-state index contributed by atoms with van der Waals surface area (Å²) >= 11 is 0. The van der Waals surface area contributed by atoms with Gasteiger partial charge in [0.15, 0.2) is 0 Å². The van der Waals surface area contributed by atoms with Crippen molar-refractivity contribution in [1.29, 1.82) is 0 Å². The Balaban J connectivity index is 1.19. The number of rotatable bonds is 15. The molecule has 4 fully saturated rings. The molecule has 14 heteroatoms. The predicted octanol–water partition coefficient (Wildman–Crippen LogP) is 4.09. The molecular formula is C40H49N5O8S. The van der Waals surface area contributed by atoms with E-state index in [-0.39, 0.29) is 37.1 Å². The van der Waals surface area contributed by atoms with E-state index < -0.39 is 56.7 Å². The van der Waals surface area contributed by atoms with Gasteiger partial charge >= 0.3 is 0 Å². The zero-order valence-corrected chi connectivity index (χ0v) is 32.0. The van der Waals surface area contributed by atoms with E-state index in [0.29, 0.717) is 59.7 Å². The second kappa shape index (κ2) is 14.8. The standard InChI is InChI=1S/C40H49N5O8S/c1-5-26-21-40(26,39(49)44-54(50,51)29-14-15-29)43-37(47)33-19-28(22-45(33)38(48)36(23(2)3)42-35(46)17-24-11-12-24)53-34-20-31(25-9-7-6-8-10-25)41-32-18-27(52-4)13-16-30(32)34/h6-10,13,16,18,20,23-24,26,28-29,33,36H,5,11-12,14-15,17,19,21-22H2,1-4H3,(H,42,46)(H,43,47)(H,44,49)/t26-,28-,33+,36+,40-/m1/s1. The van der Waals surface area contributed by atoms with Crippen molar-refractivity contribution in [2.45, 2.75) is 101 Å². The molecule has 5 atom stereocenters. The molecule has 3 saturated carbocycles. The summed E-state index contributed by atoms with van der Waals surface area (Å²) in [5.74, 6) is -1.06. The fourth-order valence-corrected chi connectivity index (χ4v) is 8.88. The molecule has 1 aromatic heterocycles. The zero-order valence-electron chi connectivity index (χ0n) is 31.2. The third kappa shape index (κ3) is 7.89. The maximum Gasteiger partial charge on any atom is 0.259 e. The fourth-order valence-electron chi connectivity index (χ4n) is 7.52. The first kappa shape index (κ1) is 37.6. The van der Waals surface area contributed by atoms with Crippen LogP contribution in [0.5, 0.6) is 11.5 Å². The highest BCUT2D eigenvalue weighted by atomic mass is 32.2. The van der Waals surface area contributed by atoms with E-state index in [9.17, 15) is 27.6 Å². The van der Waals surface area contributed by atoms with Crippen molar-refractivity contribution in [3.8, 4) is 22.8 Å². The van der Waals surface area contributed by atoms with E-state index in [1.165, 1.54) is 4.90 Å². The smallest absolute Gasteiger partial charge is 0.259 e. The van der Waals surface area contributed by atoms with Crippen LogP contribution in [0.2, 0.25) is 0 Å². The minimum atomic E-state index is -3.85. The lowest BCUT2D eigenvalue weighted by molar-refractivity contribution is -0.143. The molecule has 0 bridgehead atoms. The molecule has 2 heterocycles. The van der Waals surface area contributed by atoms with Crippen LogP contribution in [0.25, 0.3) is 22.2 Å². The van der Waals surface area contributed by atoms with E-state index in [4.69, 9.17) is 14.5 Å². The summed E-state index contributed by atoms with van der Waals surface area (Å²) < 4.78 is 39.9. The van der Waals surface area contributed by atoms with Crippen LogP contribution >= 0.6 is 0 Å². The van der Waals surface area contributed by atoms with Gasteiger partial charge in [0, 0.05) is 35.9 Å². The lowest BCUT2D eigenvalue weighted by atomic mass is 10.0. The minimum Gasteiger partial charge on any atom is -0.497 e. The maximum atomic E-state index is 14.5. The summed E-state index contributed by atoms with van der Waals surface area (Å²) in [4.78, 5) is 61.7. The number of ether oxygens (including phenoxy) is 2. The number of carbonyl (C=O) groups excluding carboxylic acids is 4. The summed E-state index contributed by atoms with van der Waals surface area (Å²) in [6.07, 6.45) is 3.55. The van der Waals surface area contributed by atoms with Gasteiger partial charge in [0.05, 0.1) is 30.1 Å². The van der Waals surface area contributed by atoms with Gasteiger partial charge in [0.2, 0.25) is 27.7 Å². The molecule has 1 saturated heterocycles. The minimum absolute atomic E-state index is 0.0335. The van der Waals surface area contributed by atoms with Crippen molar-refractivity contribution in [2.24, 2.45) is 17.8 Å². The number of amides is 4. The van der Waals surface area contributed by atoms with Crippen molar-refractivity contribution >= 4 is 44.6 Å². The lowest BCUT2D eigenvalue weighted by Gasteiger charge is -2.31. The SMILES string of the molecule is CC[C@@H]1C[C@]1(NC(=O)[C@@H]1C[C@@H](Oc2cc(-c3ccccc3)nc3cc(OC)ccc23)CN1C(=O)[C@@H](NC(=O)CC1CC1)C(C)C)C(=O)NS(=O)(=O)C1CC1. The highest BCUT2D eigenvalue weighted by Crippen LogP contribution is 2.47. The van der Waals surface area contributed by atoms with Gasteiger partial charge in [-0.05, 0) is 62.0 Å². The molecule has 4 aliphatic rings. The average Bonchev–Trinajstić information content (AvgIpc) is 4.05. The Labute approximate surface area is 316 Å². The Morgan fingerprint density at radius 2 is 1.76 bits per heavy atom. The average molecular weight is 760 g/mol. The summed E-state index contributed by atoms with van der Waals surface area (Å²) in [5.41, 5.74) is 0.759. The van der Waals surface area contributed by atoms with E-state index >= 15 is 0 Å². The van der Waals surface area contributed by atoms with Gasteiger partial charge in [0.25, 0.3) is 5.91 Å². The molecule has 4 amide bonds. The Hall–Kier alpha value is -4.72. The zero-order chi connectivity index (χ0) is 38.4. The van der Waals surface area contributed by atoms with Crippen LogP contribution in [-0.2, 0) is 29.2 Å². The van der Waals surface area contributed by atoms with Gasteiger partial charge in [-0.25, -0.2) is 13.4 Å². The van der Waals surface area contributed by atoms with Crippen LogP contribution in [-0.4, -0.2) is 84.6 Å². The van der Waals surface area contributed by atoms with E-state index in [1.807, 2.05) is 75.4 Å². The molecule has 7 rings (SSSR count). The second-order valence-corrected chi connectivity index (χ2v) is 17.6. The van der Waals surface area contributed by atoms with E-state index in [0.717, 1.165) is 18.4 Å². The van der Waals surface area contributed by atoms with Crippen LogP contribution in [0.3, 0.4) is 0 Å². The van der Waals surface area contributed by atoms with Crippen LogP contribution in [0, 0.1) is 17.8 Å². The number of benzene rings is 2. The van der Waals surface area contributed by atoms with Crippen molar-refractivity contribution in [2.75, 3.05) is 13.7 Å². The number of methoxy groups -OCH3 is 1. The first-order valence-electron chi connectivity index (χ1n) is 19.0.